The van der Waals surface area contributed by atoms with Crippen molar-refractivity contribution >= 4 is 5.84 Å². The molecule has 0 fully saturated rings. The van der Waals surface area contributed by atoms with Crippen molar-refractivity contribution in [2.75, 3.05) is 13.7 Å². The zero-order chi connectivity index (χ0) is 5.70. The minimum atomic E-state index is 0.613. The third kappa shape index (κ3) is 5.43. The van der Waals surface area contributed by atoms with Crippen LogP contribution in [0.1, 0.15) is 6.92 Å². The van der Waals surface area contributed by atoms with E-state index in [-0.39, 0.29) is 0 Å². The summed E-state index contributed by atoms with van der Waals surface area (Å²) in [4.78, 5) is 3.83. The van der Waals surface area contributed by atoms with Crippen LogP contribution in [0.25, 0.3) is 0 Å². The first-order chi connectivity index (χ1) is 3.27. The summed E-state index contributed by atoms with van der Waals surface area (Å²) in [6.07, 6.45) is 0. The molecule has 0 bridgehead atoms. The largest absolute Gasteiger partial charge is 0.388 e. The Labute approximate surface area is 43.6 Å². The Balaban J connectivity index is 3.08. The van der Waals surface area contributed by atoms with E-state index in [0.29, 0.717) is 12.5 Å². The lowest BCUT2D eigenvalue weighted by atomic mass is 10.7. The molecule has 0 unspecified atom stereocenters. The van der Waals surface area contributed by atoms with Gasteiger partial charge in [-0.3, -0.25) is 4.99 Å². The zero-order valence-corrected chi connectivity index (χ0v) is 4.73. The molecule has 0 aliphatic rings. The Bertz CT molecular complexity index is 63.3. The minimum Gasteiger partial charge on any atom is -0.388 e. The Morgan fingerprint density at radius 3 is 2.57 bits per heavy atom. The van der Waals surface area contributed by atoms with Gasteiger partial charge in [-0.1, -0.05) is 0 Å². The van der Waals surface area contributed by atoms with E-state index in [4.69, 9.17) is 5.73 Å². The van der Waals surface area contributed by atoms with Crippen LogP contribution in [0.2, 0.25) is 0 Å². The maximum absolute atomic E-state index is 5.19. The maximum Gasteiger partial charge on any atom is 0.0921 e. The first kappa shape index (κ1) is 6.43. The average Bonchev–Trinajstić information content (AvgIpc) is 1.61. The molecular weight excluding hydrogens is 90.1 g/mol. The van der Waals surface area contributed by atoms with E-state index in [0.717, 1.165) is 0 Å². The van der Waals surface area contributed by atoms with Crippen LogP contribution in [0.3, 0.4) is 0 Å². The van der Waals surface area contributed by atoms with Crippen molar-refractivity contribution in [1.29, 1.82) is 0 Å². The molecule has 0 saturated carbocycles. The van der Waals surface area contributed by atoms with Crippen LogP contribution >= 0.6 is 0 Å². The predicted octanol–water partition coefficient (Wildman–Crippen LogP) is -0.460. The number of amidine groups is 1. The molecule has 0 atom stereocenters. The average molecular weight is 101 g/mol. The Morgan fingerprint density at radius 1 is 1.86 bits per heavy atom. The second-order valence-electron chi connectivity index (χ2n) is 1.31. The summed E-state index contributed by atoms with van der Waals surface area (Å²) in [7, 11) is 1.83. The fraction of sp³-hybridized carbons (Fsp3) is 0.750. The third-order valence-electron chi connectivity index (χ3n) is 0.487. The first-order valence-electron chi connectivity index (χ1n) is 2.18. The van der Waals surface area contributed by atoms with E-state index < -0.39 is 0 Å². The molecule has 0 aromatic rings. The molecule has 0 heterocycles. The topological polar surface area (TPSA) is 50.4 Å². The summed E-state index contributed by atoms with van der Waals surface area (Å²) in [5.74, 6) is 0.620. The number of nitrogens with one attached hydrogen (secondary N) is 1. The van der Waals surface area contributed by atoms with Crippen molar-refractivity contribution in [2.24, 2.45) is 10.7 Å². The van der Waals surface area contributed by atoms with Gasteiger partial charge in [-0.15, -0.1) is 0 Å². The molecule has 0 spiro atoms. The Morgan fingerprint density at radius 2 is 2.43 bits per heavy atom. The van der Waals surface area contributed by atoms with E-state index in [1.54, 1.807) is 6.92 Å². The number of nitrogens with two attached hydrogens (primary N) is 1. The lowest BCUT2D eigenvalue weighted by molar-refractivity contribution is 0.832. The van der Waals surface area contributed by atoms with Gasteiger partial charge < -0.3 is 11.1 Å². The summed E-state index contributed by atoms with van der Waals surface area (Å²) in [5.41, 5.74) is 5.19. The molecule has 0 aliphatic heterocycles. The fourth-order valence-corrected chi connectivity index (χ4v) is 0.204. The summed E-state index contributed by atoms with van der Waals surface area (Å²) in [6.45, 7) is 2.37. The van der Waals surface area contributed by atoms with Gasteiger partial charge in [0.05, 0.1) is 12.5 Å². The van der Waals surface area contributed by atoms with Crippen molar-refractivity contribution < 1.29 is 0 Å². The smallest absolute Gasteiger partial charge is 0.0921 e. The molecule has 0 amide bonds. The molecule has 0 rings (SSSR count). The molecule has 0 saturated heterocycles. The maximum atomic E-state index is 5.19. The monoisotopic (exact) mass is 101 g/mol. The van der Waals surface area contributed by atoms with Crippen molar-refractivity contribution in [1.82, 2.24) is 5.32 Å². The molecule has 42 valence electrons. The van der Waals surface area contributed by atoms with Gasteiger partial charge in [0, 0.05) is 0 Å². The van der Waals surface area contributed by atoms with Crippen LogP contribution in [0.4, 0.5) is 0 Å². The highest BCUT2D eigenvalue weighted by molar-refractivity contribution is 5.77. The van der Waals surface area contributed by atoms with Crippen LogP contribution in [0, 0.1) is 0 Å². The van der Waals surface area contributed by atoms with E-state index in [9.17, 15) is 0 Å². The van der Waals surface area contributed by atoms with Crippen molar-refractivity contribution in [3.8, 4) is 0 Å². The van der Waals surface area contributed by atoms with Crippen molar-refractivity contribution in [2.45, 2.75) is 6.92 Å². The lowest BCUT2D eigenvalue weighted by Gasteiger charge is -1.88. The third-order valence-corrected chi connectivity index (χ3v) is 0.487. The molecule has 3 heteroatoms. The number of nitrogens with zero attached hydrogens (tertiary/aromatic N) is 1. The normalized spacial score (nSPS) is 12.0. The lowest BCUT2D eigenvalue weighted by Crippen LogP contribution is -2.12. The number of aliphatic imine (C=N–C) groups is 1. The molecule has 3 nitrogen and oxygen atoms in total. The van der Waals surface area contributed by atoms with Crippen LogP contribution in [-0.4, -0.2) is 19.6 Å². The van der Waals surface area contributed by atoms with Gasteiger partial charge in [0.2, 0.25) is 0 Å². The van der Waals surface area contributed by atoms with Gasteiger partial charge >= 0.3 is 0 Å². The van der Waals surface area contributed by atoms with Crippen molar-refractivity contribution in [3.05, 3.63) is 0 Å². The van der Waals surface area contributed by atoms with E-state index in [2.05, 4.69) is 10.3 Å². The molecular formula is C4H11N3. The SMILES string of the molecule is CNC/N=C(\C)N. The predicted molar refractivity (Wildman–Crippen MR) is 31.2 cm³/mol. The summed E-state index contributed by atoms with van der Waals surface area (Å²) in [5, 5.41) is 2.83. The molecule has 3 N–H and O–H groups in total. The highest BCUT2D eigenvalue weighted by atomic mass is 15.0. The Hall–Kier alpha value is -0.570. The summed E-state index contributed by atoms with van der Waals surface area (Å²) in [6, 6.07) is 0. The van der Waals surface area contributed by atoms with E-state index in [1.165, 1.54) is 0 Å². The van der Waals surface area contributed by atoms with Gasteiger partial charge in [-0.25, -0.2) is 0 Å². The number of hydrogen-bond acceptors (Lipinski definition) is 2. The second-order valence-corrected chi connectivity index (χ2v) is 1.31. The highest BCUT2D eigenvalue weighted by Gasteiger charge is 1.72. The number of rotatable bonds is 2. The first-order valence-corrected chi connectivity index (χ1v) is 2.18. The molecule has 0 aromatic heterocycles. The fourth-order valence-electron chi connectivity index (χ4n) is 0.204. The van der Waals surface area contributed by atoms with Gasteiger partial charge in [0.1, 0.15) is 0 Å². The molecule has 0 radical (unpaired) electrons. The van der Waals surface area contributed by atoms with E-state index in [1.807, 2.05) is 7.05 Å². The van der Waals surface area contributed by atoms with Gasteiger partial charge in [0.15, 0.2) is 0 Å². The standard InChI is InChI=1S/C4H11N3/c1-4(5)7-3-6-2/h6H,3H2,1-2H3,(H2,5,7). The molecule has 0 aliphatic carbocycles. The molecule has 0 aromatic carbocycles. The van der Waals surface area contributed by atoms with Gasteiger partial charge in [-0.05, 0) is 14.0 Å². The van der Waals surface area contributed by atoms with Crippen LogP contribution < -0.4 is 11.1 Å². The highest BCUT2D eigenvalue weighted by Crippen LogP contribution is 1.61. The second kappa shape index (κ2) is 3.61. The zero-order valence-electron chi connectivity index (χ0n) is 4.73. The molecule has 7 heavy (non-hydrogen) atoms. The van der Waals surface area contributed by atoms with Crippen molar-refractivity contribution in [3.63, 3.8) is 0 Å². The Kier molecular flexibility index (Phi) is 3.32. The van der Waals surface area contributed by atoms with Crippen LogP contribution in [0.5, 0.6) is 0 Å². The number of hydrogen-bond donors (Lipinski definition) is 2. The summed E-state index contributed by atoms with van der Waals surface area (Å²) >= 11 is 0. The van der Waals surface area contributed by atoms with Crippen LogP contribution in [-0.2, 0) is 0 Å². The van der Waals surface area contributed by atoms with Crippen LogP contribution in [0.15, 0.2) is 4.99 Å². The van der Waals surface area contributed by atoms with Gasteiger partial charge in [0.25, 0.3) is 0 Å². The summed E-state index contributed by atoms with van der Waals surface area (Å²) < 4.78 is 0. The minimum absolute atomic E-state index is 0.613. The van der Waals surface area contributed by atoms with Gasteiger partial charge in [-0.2, -0.15) is 0 Å². The van der Waals surface area contributed by atoms with E-state index >= 15 is 0 Å². The quantitative estimate of drug-likeness (QED) is 0.365.